The second-order valence-electron chi connectivity index (χ2n) is 5.32. The van der Waals surface area contributed by atoms with E-state index in [9.17, 15) is 4.79 Å². The predicted molar refractivity (Wildman–Crippen MR) is 94.9 cm³/mol. The molecule has 0 saturated carbocycles. The van der Waals surface area contributed by atoms with Crippen molar-refractivity contribution in [2.75, 3.05) is 12.3 Å². The Labute approximate surface area is 140 Å². The molecule has 1 amide bonds. The largest absolute Gasteiger partial charge is 0.351 e. The zero-order valence-corrected chi connectivity index (χ0v) is 14.0. The third-order valence-corrected chi connectivity index (χ3v) is 4.09. The minimum Gasteiger partial charge on any atom is -0.351 e. The van der Waals surface area contributed by atoms with Crippen LogP contribution in [0.15, 0.2) is 36.5 Å². The number of thiol groups is 1. The predicted octanol–water partition coefficient (Wildman–Crippen LogP) is 2.60. The van der Waals surface area contributed by atoms with Crippen molar-refractivity contribution in [2.45, 2.75) is 6.92 Å². The van der Waals surface area contributed by atoms with Crippen LogP contribution in [0.3, 0.4) is 0 Å². The molecule has 0 unspecified atom stereocenters. The van der Waals surface area contributed by atoms with Crippen LogP contribution in [-0.2, 0) is 7.05 Å². The Morgan fingerprint density at radius 3 is 2.83 bits per heavy atom. The Kier molecular flexibility index (Phi) is 4.34. The van der Waals surface area contributed by atoms with Crippen LogP contribution in [0.2, 0.25) is 0 Å². The molecule has 6 heteroatoms. The number of benzene rings is 1. The molecule has 23 heavy (non-hydrogen) atoms. The lowest BCUT2D eigenvalue weighted by atomic mass is 10.0. The van der Waals surface area contributed by atoms with E-state index < -0.39 is 0 Å². The monoisotopic (exact) mass is 326 g/mol. The smallest absolute Gasteiger partial charge is 0.252 e. The van der Waals surface area contributed by atoms with Gasteiger partial charge in [0.1, 0.15) is 0 Å². The van der Waals surface area contributed by atoms with Gasteiger partial charge in [-0.3, -0.25) is 9.48 Å². The fourth-order valence-electron chi connectivity index (χ4n) is 2.52. The van der Waals surface area contributed by atoms with Crippen LogP contribution in [0.1, 0.15) is 16.1 Å². The summed E-state index contributed by atoms with van der Waals surface area (Å²) >= 11 is 4.14. The summed E-state index contributed by atoms with van der Waals surface area (Å²) in [6.07, 6.45) is 1.78. The molecule has 0 bridgehead atoms. The Morgan fingerprint density at radius 1 is 1.35 bits per heavy atom. The minimum absolute atomic E-state index is 0.111. The van der Waals surface area contributed by atoms with Crippen molar-refractivity contribution >= 4 is 29.4 Å². The Morgan fingerprint density at radius 2 is 2.13 bits per heavy atom. The number of carbonyl (C=O) groups excluding carboxylic acids is 1. The van der Waals surface area contributed by atoms with E-state index in [1.54, 1.807) is 10.9 Å². The van der Waals surface area contributed by atoms with E-state index in [1.807, 2.05) is 44.3 Å². The highest BCUT2D eigenvalue weighted by Crippen LogP contribution is 2.26. The van der Waals surface area contributed by atoms with Gasteiger partial charge in [0, 0.05) is 36.0 Å². The van der Waals surface area contributed by atoms with Crippen LogP contribution in [0.4, 0.5) is 0 Å². The molecule has 5 nitrogen and oxygen atoms in total. The van der Waals surface area contributed by atoms with E-state index in [0.717, 1.165) is 27.9 Å². The second kappa shape index (κ2) is 6.42. The number of amides is 1. The molecule has 1 aromatic carbocycles. The molecular weight excluding hydrogens is 308 g/mol. The molecule has 2 aromatic heterocycles. The molecule has 0 fully saturated rings. The van der Waals surface area contributed by atoms with Gasteiger partial charge in [-0.05, 0) is 19.1 Å². The molecular formula is C17H18N4OS. The van der Waals surface area contributed by atoms with Crippen LogP contribution in [0, 0.1) is 6.92 Å². The van der Waals surface area contributed by atoms with Gasteiger partial charge in [0.15, 0.2) is 0 Å². The molecule has 0 aliphatic carbocycles. The van der Waals surface area contributed by atoms with Crippen molar-refractivity contribution in [2.24, 2.45) is 7.05 Å². The van der Waals surface area contributed by atoms with E-state index in [0.29, 0.717) is 17.9 Å². The van der Waals surface area contributed by atoms with Gasteiger partial charge < -0.3 is 5.32 Å². The molecule has 0 aliphatic rings. The van der Waals surface area contributed by atoms with E-state index in [4.69, 9.17) is 4.98 Å². The number of aromatic nitrogens is 3. The van der Waals surface area contributed by atoms with Crippen molar-refractivity contribution in [3.8, 4) is 11.3 Å². The van der Waals surface area contributed by atoms with Crippen molar-refractivity contribution in [1.82, 2.24) is 20.1 Å². The molecule has 2 heterocycles. The van der Waals surface area contributed by atoms with Gasteiger partial charge in [0.25, 0.3) is 5.91 Å². The van der Waals surface area contributed by atoms with Gasteiger partial charge in [-0.2, -0.15) is 17.7 Å². The maximum atomic E-state index is 12.5. The summed E-state index contributed by atoms with van der Waals surface area (Å²) in [5.74, 6) is 0.490. The van der Waals surface area contributed by atoms with Crippen molar-refractivity contribution in [1.29, 1.82) is 0 Å². The van der Waals surface area contributed by atoms with Gasteiger partial charge in [-0.25, -0.2) is 4.98 Å². The highest BCUT2D eigenvalue weighted by Gasteiger charge is 2.15. The minimum atomic E-state index is -0.111. The zero-order chi connectivity index (χ0) is 16.4. The van der Waals surface area contributed by atoms with Crippen molar-refractivity contribution in [3.05, 3.63) is 47.8 Å². The fraction of sp³-hybridized carbons (Fsp3) is 0.235. The van der Waals surface area contributed by atoms with Gasteiger partial charge in [-0.15, -0.1) is 0 Å². The molecule has 0 aliphatic heterocycles. The first-order chi connectivity index (χ1) is 11.1. The summed E-state index contributed by atoms with van der Waals surface area (Å²) in [4.78, 5) is 17.2. The Bertz CT molecular complexity index is 872. The number of hydrogen-bond acceptors (Lipinski definition) is 4. The fourth-order valence-corrected chi connectivity index (χ4v) is 2.63. The molecule has 3 rings (SSSR count). The number of para-hydroxylation sites is 1. The SMILES string of the molecule is Cc1c(-c2cc(C(=O)NCCS)c3ccccc3n2)cnn1C. The maximum absolute atomic E-state index is 12.5. The first kappa shape index (κ1) is 15.6. The van der Waals surface area contributed by atoms with Crippen LogP contribution in [0.25, 0.3) is 22.2 Å². The second-order valence-corrected chi connectivity index (χ2v) is 5.77. The highest BCUT2D eigenvalue weighted by molar-refractivity contribution is 7.80. The van der Waals surface area contributed by atoms with E-state index in [1.165, 1.54) is 0 Å². The Hall–Kier alpha value is -2.34. The summed E-state index contributed by atoms with van der Waals surface area (Å²) in [5, 5.41) is 7.98. The number of fused-ring (bicyclic) bond motifs is 1. The number of nitrogens with zero attached hydrogens (tertiary/aromatic N) is 3. The molecule has 0 atom stereocenters. The van der Waals surface area contributed by atoms with E-state index in [2.05, 4.69) is 23.0 Å². The highest BCUT2D eigenvalue weighted by atomic mass is 32.1. The normalized spacial score (nSPS) is 10.9. The van der Waals surface area contributed by atoms with Crippen molar-refractivity contribution < 1.29 is 4.79 Å². The van der Waals surface area contributed by atoms with E-state index >= 15 is 0 Å². The summed E-state index contributed by atoms with van der Waals surface area (Å²) in [6, 6.07) is 9.50. The third-order valence-electron chi connectivity index (χ3n) is 3.87. The molecule has 0 saturated heterocycles. The molecule has 118 valence electrons. The molecule has 0 spiro atoms. The lowest BCUT2D eigenvalue weighted by Gasteiger charge is -2.10. The Balaban J connectivity index is 2.17. The van der Waals surface area contributed by atoms with Gasteiger partial charge in [0.2, 0.25) is 0 Å². The number of nitrogens with one attached hydrogen (secondary N) is 1. The first-order valence-corrected chi connectivity index (χ1v) is 8.03. The summed E-state index contributed by atoms with van der Waals surface area (Å²) < 4.78 is 1.80. The summed E-state index contributed by atoms with van der Waals surface area (Å²) in [7, 11) is 1.89. The average molecular weight is 326 g/mol. The molecule has 0 radical (unpaired) electrons. The summed E-state index contributed by atoms with van der Waals surface area (Å²) in [6.45, 7) is 2.51. The maximum Gasteiger partial charge on any atom is 0.252 e. The zero-order valence-electron chi connectivity index (χ0n) is 13.1. The van der Waals surface area contributed by atoms with Crippen LogP contribution < -0.4 is 5.32 Å². The van der Waals surface area contributed by atoms with E-state index in [-0.39, 0.29) is 5.91 Å². The quantitative estimate of drug-likeness (QED) is 0.725. The number of carbonyl (C=O) groups is 1. The molecule has 3 aromatic rings. The van der Waals surface area contributed by atoms with Crippen LogP contribution in [-0.4, -0.2) is 33.0 Å². The van der Waals surface area contributed by atoms with Crippen LogP contribution in [0.5, 0.6) is 0 Å². The standard InChI is InChI=1S/C17H18N4OS/c1-11-14(10-19-21(11)2)16-9-13(17(22)18-7-8-23)12-5-3-4-6-15(12)20-16/h3-6,9-10,23H,7-8H2,1-2H3,(H,18,22). The number of hydrogen-bond donors (Lipinski definition) is 2. The number of pyridine rings is 1. The topological polar surface area (TPSA) is 59.8 Å². The van der Waals surface area contributed by atoms with Crippen molar-refractivity contribution in [3.63, 3.8) is 0 Å². The number of rotatable bonds is 4. The average Bonchev–Trinajstić information content (AvgIpc) is 2.91. The first-order valence-electron chi connectivity index (χ1n) is 7.39. The lowest BCUT2D eigenvalue weighted by Crippen LogP contribution is -2.25. The van der Waals surface area contributed by atoms with Gasteiger partial charge >= 0.3 is 0 Å². The summed E-state index contributed by atoms with van der Waals surface area (Å²) in [5.41, 5.74) is 4.11. The number of aryl methyl sites for hydroxylation is 1. The van der Waals surface area contributed by atoms with Crippen LogP contribution >= 0.6 is 12.6 Å². The van der Waals surface area contributed by atoms with Gasteiger partial charge in [-0.1, -0.05) is 18.2 Å². The van der Waals surface area contributed by atoms with Gasteiger partial charge in [0.05, 0.1) is 23.0 Å². The third kappa shape index (κ3) is 2.94. The molecule has 1 N–H and O–H groups in total. The lowest BCUT2D eigenvalue weighted by molar-refractivity contribution is 0.0958.